The van der Waals surface area contributed by atoms with E-state index in [2.05, 4.69) is 27.2 Å². The lowest BCUT2D eigenvalue weighted by atomic mass is 10.3. The van der Waals surface area contributed by atoms with E-state index >= 15 is 0 Å². The van der Waals surface area contributed by atoms with Crippen LogP contribution in [-0.4, -0.2) is 21.6 Å². The molecule has 6 nitrogen and oxygen atoms in total. The lowest BCUT2D eigenvalue weighted by Crippen LogP contribution is -2.11. The van der Waals surface area contributed by atoms with E-state index in [1.807, 2.05) is 18.3 Å². The minimum atomic E-state index is 0.448. The number of nitrogens with zero attached hydrogens (tertiary/aromatic N) is 3. The van der Waals surface area contributed by atoms with Gasteiger partial charge in [0, 0.05) is 24.9 Å². The molecule has 0 aliphatic heterocycles. The topological polar surface area (TPSA) is 86.0 Å². The second-order valence-electron chi connectivity index (χ2n) is 5.49. The minimum Gasteiger partial charge on any atom is -0.476 e. The van der Waals surface area contributed by atoms with E-state index in [0.717, 1.165) is 30.7 Å². The third-order valence-electron chi connectivity index (χ3n) is 3.50. The highest BCUT2D eigenvalue weighted by molar-refractivity contribution is 5.67. The lowest BCUT2D eigenvalue weighted by Gasteiger charge is -2.14. The average molecular weight is 299 g/mol. The van der Waals surface area contributed by atoms with Gasteiger partial charge in [0.25, 0.3) is 0 Å². The van der Waals surface area contributed by atoms with Gasteiger partial charge < -0.3 is 15.8 Å². The van der Waals surface area contributed by atoms with Gasteiger partial charge in [-0.3, -0.25) is 4.98 Å². The molecule has 116 valence electrons. The van der Waals surface area contributed by atoms with Crippen LogP contribution in [0, 0.1) is 0 Å². The fourth-order valence-corrected chi connectivity index (χ4v) is 2.12. The molecule has 1 aliphatic rings. The van der Waals surface area contributed by atoms with Crippen molar-refractivity contribution in [3.05, 3.63) is 35.9 Å². The van der Waals surface area contributed by atoms with Crippen molar-refractivity contribution in [3.63, 3.8) is 0 Å². The first-order valence-corrected chi connectivity index (χ1v) is 7.71. The van der Waals surface area contributed by atoms with E-state index in [1.54, 1.807) is 6.20 Å². The Balaban J connectivity index is 1.80. The van der Waals surface area contributed by atoms with Crippen LogP contribution in [0.25, 0.3) is 0 Å². The van der Waals surface area contributed by atoms with Crippen LogP contribution in [0.3, 0.4) is 0 Å². The Kier molecular flexibility index (Phi) is 4.37. The molecule has 0 bridgehead atoms. The Bertz CT molecular complexity index is 628. The second kappa shape index (κ2) is 6.60. The maximum Gasteiger partial charge on any atom is 0.242 e. The fraction of sp³-hybridized carbons (Fsp3) is 0.438. The smallest absolute Gasteiger partial charge is 0.242 e. The number of hydrogen-bond donors (Lipinski definition) is 2. The number of hydrogen-bond acceptors (Lipinski definition) is 6. The lowest BCUT2D eigenvalue weighted by molar-refractivity contribution is 0.305. The quantitative estimate of drug-likeness (QED) is 0.817. The van der Waals surface area contributed by atoms with E-state index < -0.39 is 0 Å². The van der Waals surface area contributed by atoms with Gasteiger partial charge in [-0.1, -0.05) is 13.0 Å². The maximum atomic E-state index is 6.15. The zero-order valence-corrected chi connectivity index (χ0v) is 12.7. The van der Waals surface area contributed by atoms with Crippen molar-refractivity contribution in [1.82, 2.24) is 15.0 Å². The summed E-state index contributed by atoms with van der Waals surface area (Å²) in [5.74, 6) is 2.41. The molecular formula is C16H21N5O. The number of pyridine rings is 1. The van der Waals surface area contributed by atoms with E-state index in [4.69, 9.17) is 10.5 Å². The molecule has 0 saturated heterocycles. The first-order valence-electron chi connectivity index (χ1n) is 7.71. The molecule has 0 aromatic carbocycles. The van der Waals surface area contributed by atoms with Crippen molar-refractivity contribution < 1.29 is 4.74 Å². The van der Waals surface area contributed by atoms with Crippen LogP contribution in [0.5, 0.6) is 5.88 Å². The van der Waals surface area contributed by atoms with Gasteiger partial charge in [0.15, 0.2) is 5.82 Å². The predicted octanol–water partition coefficient (Wildman–Crippen LogP) is 2.73. The molecule has 0 amide bonds. The molecule has 1 fully saturated rings. The van der Waals surface area contributed by atoms with Crippen molar-refractivity contribution in [2.24, 2.45) is 0 Å². The first-order chi connectivity index (χ1) is 10.8. The van der Waals surface area contributed by atoms with Crippen LogP contribution >= 0.6 is 0 Å². The van der Waals surface area contributed by atoms with Gasteiger partial charge in [0.1, 0.15) is 11.5 Å². The summed E-state index contributed by atoms with van der Waals surface area (Å²) >= 11 is 0. The molecular weight excluding hydrogens is 278 g/mol. The Labute approximate surface area is 130 Å². The molecule has 0 unspecified atom stereocenters. The number of rotatable bonds is 7. The molecule has 2 aromatic rings. The molecule has 3 N–H and O–H groups in total. The summed E-state index contributed by atoms with van der Waals surface area (Å²) in [5, 5.41) is 3.27. The molecule has 0 radical (unpaired) electrons. The van der Waals surface area contributed by atoms with Gasteiger partial charge in [-0.15, -0.1) is 0 Å². The van der Waals surface area contributed by atoms with E-state index in [1.165, 1.54) is 0 Å². The van der Waals surface area contributed by atoms with Crippen LogP contribution in [0.4, 0.5) is 11.5 Å². The molecule has 1 aliphatic carbocycles. The van der Waals surface area contributed by atoms with Gasteiger partial charge >= 0.3 is 0 Å². The number of nitrogens with two attached hydrogens (primary N) is 1. The summed E-state index contributed by atoms with van der Waals surface area (Å²) in [4.78, 5) is 13.2. The summed E-state index contributed by atoms with van der Waals surface area (Å²) < 4.78 is 5.67. The summed E-state index contributed by atoms with van der Waals surface area (Å²) in [6.45, 7) is 3.28. The highest BCUT2D eigenvalue weighted by Gasteiger charge is 2.28. The normalized spacial score (nSPS) is 13.9. The molecule has 2 aromatic heterocycles. The molecule has 3 rings (SSSR count). The summed E-state index contributed by atoms with van der Waals surface area (Å²) in [6, 6.07) is 3.92. The maximum absolute atomic E-state index is 6.15. The zero-order valence-electron chi connectivity index (χ0n) is 12.7. The predicted molar refractivity (Wildman–Crippen MR) is 85.8 cm³/mol. The summed E-state index contributed by atoms with van der Waals surface area (Å²) in [6.07, 6.45) is 6.77. The van der Waals surface area contributed by atoms with Crippen LogP contribution in [-0.2, 0) is 6.54 Å². The zero-order chi connectivity index (χ0) is 15.4. The van der Waals surface area contributed by atoms with Gasteiger partial charge in [-0.2, -0.15) is 4.98 Å². The largest absolute Gasteiger partial charge is 0.476 e. The van der Waals surface area contributed by atoms with Crippen LogP contribution < -0.4 is 15.8 Å². The number of anilines is 2. The number of nitrogen functional groups attached to an aromatic ring is 1. The van der Waals surface area contributed by atoms with Crippen LogP contribution in [0.15, 0.2) is 24.5 Å². The summed E-state index contributed by atoms with van der Waals surface area (Å²) in [5.41, 5.74) is 7.70. The number of ether oxygens (including phenoxy) is 1. The van der Waals surface area contributed by atoms with E-state index in [-0.39, 0.29) is 0 Å². The van der Waals surface area contributed by atoms with Crippen LogP contribution in [0.2, 0.25) is 0 Å². The van der Waals surface area contributed by atoms with Gasteiger partial charge in [-0.05, 0) is 30.9 Å². The van der Waals surface area contributed by atoms with Gasteiger partial charge in [0.2, 0.25) is 5.88 Å². The van der Waals surface area contributed by atoms with Crippen LogP contribution in [0.1, 0.15) is 43.5 Å². The minimum absolute atomic E-state index is 0.448. The van der Waals surface area contributed by atoms with Crippen molar-refractivity contribution in [2.45, 2.75) is 38.6 Å². The van der Waals surface area contributed by atoms with Crippen molar-refractivity contribution in [2.75, 3.05) is 17.7 Å². The highest BCUT2D eigenvalue weighted by Crippen LogP contribution is 2.40. The Morgan fingerprint density at radius 3 is 2.91 bits per heavy atom. The molecule has 1 saturated carbocycles. The Hall–Kier alpha value is -2.37. The number of aromatic nitrogens is 3. The molecule has 6 heteroatoms. The standard InChI is InChI=1S/C16H21N5O/c1-2-8-22-16-13(17)15(20-14(21-16)12-5-6-12)19-10-11-4-3-7-18-9-11/h3-4,7,9,12H,2,5-6,8,10,17H2,1H3,(H,19,20,21). The SMILES string of the molecule is CCCOc1nc(C2CC2)nc(NCc2cccnc2)c1N. The van der Waals surface area contributed by atoms with E-state index in [0.29, 0.717) is 36.5 Å². The molecule has 0 atom stereocenters. The third-order valence-corrected chi connectivity index (χ3v) is 3.50. The average Bonchev–Trinajstić information content (AvgIpc) is 3.38. The molecule has 2 heterocycles. The number of nitrogens with one attached hydrogen (secondary N) is 1. The van der Waals surface area contributed by atoms with Gasteiger partial charge in [0.05, 0.1) is 6.61 Å². The Morgan fingerprint density at radius 1 is 1.36 bits per heavy atom. The highest BCUT2D eigenvalue weighted by atomic mass is 16.5. The molecule has 0 spiro atoms. The monoisotopic (exact) mass is 299 g/mol. The van der Waals surface area contributed by atoms with Crippen molar-refractivity contribution in [1.29, 1.82) is 0 Å². The Morgan fingerprint density at radius 2 is 2.23 bits per heavy atom. The van der Waals surface area contributed by atoms with Gasteiger partial charge in [-0.25, -0.2) is 4.98 Å². The fourth-order valence-electron chi connectivity index (χ4n) is 2.12. The second-order valence-corrected chi connectivity index (χ2v) is 5.49. The summed E-state index contributed by atoms with van der Waals surface area (Å²) in [7, 11) is 0. The third kappa shape index (κ3) is 3.44. The first kappa shape index (κ1) is 14.6. The molecule has 22 heavy (non-hydrogen) atoms. The van der Waals surface area contributed by atoms with Crippen molar-refractivity contribution in [3.8, 4) is 5.88 Å². The van der Waals surface area contributed by atoms with Crippen molar-refractivity contribution >= 4 is 11.5 Å². The van der Waals surface area contributed by atoms with E-state index in [9.17, 15) is 0 Å².